The summed E-state index contributed by atoms with van der Waals surface area (Å²) in [5, 5.41) is 7.04. The lowest BCUT2D eigenvalue weighted by atomic mass is 9.89. The molecule has 1 fully saturated rings. The highest BCUT2D eigenvalue weighted by molar-refractivity contribution is 7.08. The lowest BCUT2D eigenvalue weighted by Crippen LogP contribution is -2.55. The minimum absolute atomic E-state index is 0.00816. The second-order valence-electron chi connectivity index (χ2n) is 8.82. The van der Waals surface area contributed by atoms with E-state index in [2.05, 4.69) is 10.3 Å². The van der Waals surface area contributed by atoms with E-state index in [9.17, 15) is 9.59 Å². The van der Waals surface area contributed by atoms with Gasteiger partial charge in [0.1, 0.15) is 5.60 Å². The van der Waals surface area contributed by atoms with E-state index < -0.39 is 11.7 Å². The standard InChI is InChI=1S/C22H29N3O3S/c1-15-17(6-7-18(23-15)16-8-13-29-14-16)19(26)25-11-9-22(5,10-12-25)24-20(27)28-21(2,3)4/h6-8,13-14H,9-12H2,1-5H3,(H,24,27). The smallest absolute Gasteiger partial charge is 0.408 e. The fourth-order valence-electron chi connectivity index (χ4n) is 3.41. The number of nitrogens with one attached hydrogen (secondary N) is 1. The Morgan fingerprint density at radius 1 is 1.21 bits per heavy atom. The van der Waals surface area contributed by atoms with Crippen molar-refractivity contribution in [1.82, 2.24) is 15.2 Å². The summed E-state index contributed by atoms with van der Waals surface area (Å²) in [4.78, 5) is 31.6. The van der Waals surface area contributed by atoms with Crippen LogP contribution in [-0.2, 0) is 4.74 Å². The van der Waals surface area contributed by atoms with Gasteiger partial charge < -0.3 is 15.0 Å². The van der Waals surface area contributed by atoms with E-state index >= 15 is 0 Å². The van der Waals surface area contributed by atoms with E-state index in [0.717, 1.165) is 17.0 Å². The van der Waals surface area contributed by atoms with Crippen molar-refractivity contribution in [3.05, 3.63) is 40.2 Å². The number of amides is 2. The van der Waals surface area contributed by atoms with Gasteiger partial charge in [0.15, 0.2) is 0 Å². The van der Waals surface area contributed by atoms with Crippen molar-refractivity contribution in [2.75, 3.05) is 13.1 Å². The van der Waals surface area contributed by atoms with Crippen LogP contribution in [0.25, 0.3) is 11.3 Å². The molecule has 0 atom stereocenters. The van der Waals surface area contributed by atoms with Crippen LogP contribution in [0.15, 0.2) is 29.0 Å². The molecule has 0 aromatic carbocycles. The number of piperidine rings is 1. The van der Waals surface area contributed by atoms with Gasteiger partial charge in [-0.1, -0.05) is 0 Å². The molecule has 1 saturated heterocycles. The first-order valence-electron chi connectivity index (χ1n) is 9.87. The van der Waals surface area contributed by atoms with Crippen molar-refractivity contribution in [2.24, 2.45) is 0 Å². The molecule has 1 aliphatic rings. The molecule has 29 heavy (non-hydrogen) atoms. The molecular weight excluding hydrogens is 386 g/mol. The number of aryl methyl sites for hydroxylation is 1. The molecule has 6 nitrogen and oxygen atoms in total. The Labute approximate surface area is 176 Å². The Kier molecular flexibility index (Phi) is 5.98. The molecule has 2 amide bonds. The predicted molar refractivity (Wildman–Crippen MR) is 115 cm³/mol. The van der Waals surface area contributed by atoms with Gasteiger partial charge in [0.25, 0.3) is 5.91 Å². The molecule has 1 aliphatic heterocycles. The van der Waals surface area contributed by atoms with Crippen LogP contribution in [-0.4, -0.2) is 46.1 Å². The summed E-state index contributed by atoms with van der Waals surface area (Å²) in [6, 6.07) is 5.79. The number of hydrogen-bond acceptors (Lipinski definition) is 5. The first kappa shape index (κ1) is 21.3. The van der Waals surface area contributed by atoms with E-state index in [0.29, 0.717) is 31.5 Å². The minimum atomic E-state index is -0.531. The number of alkyl carbamates (subject to hydrolysis) is 1. The first-order valence-corrected chi connectivity index (χ1v) is 10.8. The fraction of sp³-hybridized carbons (Fsp3) is 0.500. The van der Waals surface area contributed by atoms with E-state index in [1.54, 1.807) is 11.3 Å². The molecule has 1 N–H and O–H groups in total. The van der Waals surface area contributed by atoms with Gasteiger partial charge in [-0.05, 0) is 71.0 Å². The van der Waals surface area contributed by atoms with Gasteiger partial charge in [0.05, 0.1) is 17.0 Å². The largest absolute Gasteiger partial charge is 0.444 e. The molecule has 0 spiro atoms. The average Bonchev–Trinajstić information content (AvgIpc) is 3.14. The summed E-state index contributed by atoms with van der Waals surface area (Å²) in [6.07, 6.45) is 0.943. The zero-order chi connectivity index (χ0) is 21.2. The van der Waals surface area contributed by atoms with Crippen molar-refractivity contribution < 1.29 is 14.3 Å². The van der Waals surface area contributed by atoms with E-state index in [1.807, 2.05) is 68.5 Å². The second-order valence-corrected chi connectivity index (χ2v) is 9.60. The van der Waals surface area contributed by atoms with Crippen LogP contribution < -0.4 is 5.32 Å². The van der Waals surface area contributed by atoms with Crippen molar-refractivity contribution in [2.45, 2.75) is 58.6 Å². The van der Waals surface area contributed by atoms with Crippen LogP contribution in [0.1, 0.15) is 56.6 Å². The third kappa shape index (κ3) is 5.35. The predicted octanol–water partition coefficient (Wildman–Crippen LogP) is 4.64. The fourth-order valence-corrected chi connectivity index (χ4v) is 4.06. The quantitative estimate of drug-likeness (QED) is 0.793. The van der Waals surface area contributed by atoms with Gasteiger partial charge in [-0.15, -0.1) is 0 Å². The highest BCUT2D eigenvalue weighted by atomic mass is 32.1. The number of nitrogens with zero attached hydrogens (tertiary/aromatic N) is 2. The van der Waals surface area contributed by atoms with Gasteiger partial charge in [-0.2, -0.15) is 11.3 Å². The molecule has 3 rings (SSSR count). The number of hydrogen-bond donors (Lipinski definition) is 1. The van der Waals surface area contributed by atoms with Crippen molar-refractivity contribution in [3.8, 4) is 11.3 Å². The van der Waals surface area contributed by atoms with E-state index in [4.69, 9.17) is 4.74 Å². The second kappa shape index (κ2) is 8.14. The van der Waals surface area contributed by atoms with Gasteiger partial charge in [0.2, 0.25) is 0 Å². The molecule has 2 aromatic heterocycles. The van der Waals surface area contributed by atoms with Crippen LogP contribution in [0.4, 0.5) is 4.79 Å². The van der Waals surface area contributed by atoms with Gasteiger partial charge in [0, 0.05) is 29.6 Å². The Bertz CT molecular complexity index is 879. The third-order valence-corrected chi connectivity index (χ3v) is 5.77. The van der Waals surface area contributed by atoms with Crippen molar-refractivity contribution >= 4 is 23.3 Å². The molecule has 7 heteroatoms. The molecule has 156 valence electrons. The number of pyridine rings is 1. The molecular formula is C22H29N3O3S. The first-order chi connectivity index (χ1) is 13.6. The number of carbonyl (C=O) groups excluding carboxylic acids is 2. The lowest BCUT2D eigenvalue weighted by Gasteiger charge is -2.40. The van der Waals surface area contributed by atoms with Gasteiger partial charge >= 0.3 is 6.09 Å². The highest BCUT2D eigenvalue weighted by Crippen LogP contribution is 2.26. The van der Waals surface area contributed by atoms with Crippen LogP contribution >= 0.6 is 11.3 Å². The Hall–Kier alpha value is -2.41. The summed E-state index contributed by atoms with van der Waals surface area (Å²) < 4.78 is 5.37. The molecule has 3 heterocycles. The SMILES string of the molecule is Cc1nc(-c2ccsc2)ccc1C(=O)N1CCC(C)(NC(=O)OC(C)(C)C)CC1. The molecule has 0 radical (unpaired) electrons. The van der Waals surface area contributed by atoms with Crippen LogP contribution in [0, 0.1) is 6.92 Å². The van der Waals surface area contributed by atoms with Crippen LogP contribution in [0.5, 0.6) is 0 Å². The molecule has 0 saturated carbocycles. The van der Waals surface area contributed by atoms with E-state index in [1.165, 1.54) is 0 Å². The number of aromatic nitrogens is 1. The maximum absolute atomic E-state index is 13.0. The molecule has 0 unspecified atom stereocenters. The number of ether oxygens (including phenoxy) is 1. The summed E-state index contributed by atoms with van der Waals surface area (Å²) in [5.41, 5.74) is 2.41. The summed E-state index contributed by atoms with van der Waals surface area (Å²) >= 11 is 1.63. The monoisotopic (exact) mass is 415 g/mol. The molecule has 2 aromatic rings. The molecule has 0 bridgehead atoms. The highest BCUT2D eigenvalue weighted by Gasteiger charge is 2.35. The summed E-state index contributed by atoms with van der Waals surface area (Å²) in [7, 11) is 0. The topological polar surface area (TPSA) is 71.5 Å². The summed E-state index contributed by atoms with van der Waals surface area (Å²) in [5.74, 6) is -0.00816. The maximum atomic E-state index is 13.0. The summed E-state index contributed by atoms with van der Waals surface area (Å²) in [6.45, 7) is 10.6. The van der Waals surface area contributed by atoms with E-state index in [-0.39, 0.29) is 11.4 Å². The van der Waals surface area contributed by atoms with Crippen molar-refractivity contribution in [1.29, 1.82) is 0 Å². The zero-order valence-electron chi connectivity index (χ0n) is 17.7. The van der Waals surface area contributed by atoms with Crippen LogP contribution in [0.3, 0.4) is 0 Å². The Balaban J connectivity index is 1.62. The Morgan fingerprint density at radius 2 is 1.90 bits per heavy atom. The number of rotatable bonds is 3. The lowest BCUT2D eigenvalue weighted by molar-refractivity contribution is 0.0396. The third-order valence-electron chi connectivity index (χ3n) is 5.09. The average molecular weight is 416 g/mol. The number of likely N-dealkylation sites (tertiary alicyclic amines) is 1. The van der Waals surface area contributed by atoms with Gasteiger partial charge in [-0.25, -0.2) is 4.79 Å². The number of carbonyl (C=O) groups is 2. The minimum Gasteiger partial charge on any atom is -0.444 e. The van der Waals surface area contributed by atoms with Gasteiger partial charge in [-0.3, -0.25) is 9.78 Å². The zero-order valence-corrected chi connectivity index (χ0v) is 18.6. The normalized spacial score (nSPS) is 16.4. The van der Waals surface area contributed by atoms with Crippen LogP contribution in [0.2, 0.25) is 0 Å². The number of thiophene rings is 1. The molecule has 0 aliphatic carbocycles. The maximum Gasteiger partial charge on any atom is 0.408 e. The Morgan fingerprint density at radius 3 is 2.45 bits per heavy atom. The van der Waals surface area contributed by atoms with Crippen molar-refractivity contribution in [3.63, 3.8) is 0 Å².